The molecule has 8 aromatic rings. The van der Waals surface area contributed by atoms with E-state index in [0.29, 0.717) is 0 Å². The van der Waals surface area contributed by atoms with Crippen molar-refractivity contribution >= 4 is 65.6 Å². The van der Waals surface area contributed by atoms with Crippen LogP contribution in [0.25, 0.3) is 49.4 Å². The maximum absolute atomic E-state index is 3.83. The normalized spacial score (nSPS) is 11.4. The molecule has 0 bridgehead atoms. The number of hydrogen-bond donors (Lipinski definition) is 0. The van der Waals surface area contributed by atoms with Gasteiger partial charge in [0.2, 0.25) is 0 Å². The number of aromatic nitrogens is 1. The molecule has 0 saturated heterocycles. The van der Waals surface area contributed by atoms with Gasteiger partial charge in [-0.05, 0) is 82.6 Å². The number of rotatable bonds is 5. The summed E-state index contributed by atoms with van der Waals surface area (Å²) in [6, 6.07) is 58.6. The molecule has 0 aliphatic carbocycles. The van der Waals surface area contributed by atoms with Gasteiger partial charge in [0.1, 0.15) is 0 Å². The van der Waals surface area contributed by atoms with Crippen molar-refractivity contribution in [3.63, 3.8) is 0 Å². The van der Waals surface area contributed by atoms with Crippen molar-refractivity contribution in [1.29, 1.82) is 0 Å². The lowest BCUT2D eigenvalue weighted by Gasteiger charge is -2.27. The summed E-state index contributed by atoms with van der Waals surface area (Å²) < 4.78 is 3.46. The fraction of sp³-hybridized carbons (Fsp3) is 0. The Morgan fingerprint density at radius 2 is 1.07 bits per heavy atom. The van der Waals surface area contributed by atoms with Gasteiger partial charge in [-0.2, -0.15) is 0 Å². The summed E-state index contributed by atoms with van der Waals surface area (Å²) in [6.45, 7) is 0. The van der Waals surface area contributed by atoms with Gasteiger partial charge in [-0.3, -0.25) is 0 Å². The number of fused-ring (bicyclic) bond motifs is 4. The summed E-state index contributed by atoms with van der Waals surface area (Å²) in [6.07, 6.45) is 0. The SMILES string of the molecule is Brc1ccccc1-c1cc(N(c2ccccc2)c2ccc3c4ccccc4n(-c4ccccc4)c3c2)cc2ccccc12. The van der Waals surface area contributed by atoms with E-state index in [4.69, 9.17) is 0 Å². The van der Waals surface area contributed by atoms with Gasteiger partial charge in [0, 0.05) is 38.0 Å². The quantitative estimate of drug-likeness (QED) is 0.187. The van der Waals surface area contributed by atoms with E-state index >= 15 is 0 Å². The largest absolute Gasteiger partial charge is 0.310 e. The van der Waals surface area contributed by atoms with Crippen molar-refractivity contribution in [1.82, 2.24) is 4.57 Å². The molecule has 0 aliphatic heterocycles. The molecule has 1 aromatic heterocycles. The van der Waals surface area contributed by atoms with Crippen LogP contribution in [0.4, 0.5) is 17.1 Å². The molecule has 204 valence electrons. The highest BCUT2D eigenvalue weighted by Crippen LogP contribution is 2.43. The zero-order chi connectivity index (χ0) is 28.8. The second kappa shape index (κ2) is 10.6. The minimum Gasteiger partial charge on any atom is -0.310 e. The molecule has 0 N–H and O–H groups in total. The Balaban J connectivity index is 1.42. The third kappa shape index (κ3) is 4.41. The first-order valence-electron chi connectivity index (χ1n) is 14.5. The average Bonchev–Trinajstić information content (AvgIpc) is 3.39. The lowest BCUT2D eigenvalue weighted by Crippen LogP contribution is -2.10. The molecule has 0 radical (unpaired) electrons. The van der Waals surface area contributed by atoms with Crippen LogP contribution >= 0.6 is 15.9 Å². The lowest BCUT2D eigenvalue weighted by atomic mass is 9.96. The molecule has 2 nitrogen and oxygen atoms in total. The first-order valence-corrected chi connectivity index (χ1v) is 15.3. The Hall–Kier alpha value is -5.12. The predicted molar refractivity (Wildman–Crippen MR) is 186 cm³/mol. The zero-order valence-electron chi connectivity index (χ0n) is 23.4. The van der Waals surface area contributed by atoms with Crippen LogP contribution in [-0.4, -0.2) is 4.57 Å². The molecule has 0 spiro atoms. The Morgan fingerprint density at radius 3 is 1.88 bits per heavy atom. The number of para-hydroxylation sites is 3. The number of nitrogens with zero attached hydrogens (tertiary/aromatic N) is 2. The van der Waals surface area contributed by atoms with E-state index in [1.165, 1.54) is 43.7 Å². The van der Waals surface area contributed by atoms with Crippen LogP contribution in [0.3, 0.4) is 0 Å². The zero-order valence-corrected chi connectivity index (χ0v) is 24.9. The third-order valence-electron chi connectivity index (χ3n) is 8.21. The van der Waals surface area contributed by atoms with Gasteiger partial charge in [0.05, 0.1) is 11.0 Å². The van der Waals surface area contributed by atoms with Gasteiger partial charge in [-0.1, -0.05) is 119 Å². The van der Waals surface area contributed by atoms with Crippen LogP contribution in [0.1, 0.15) is 0 Å². The highest BCUT2D eigenvalue weighted by Gasteiger charge is 2.19. The van der Waals surface area contributed by atoms with Crippen molar-refractivity contribution in [2.45, 2.75) is 0 Å². The highest BCUT2D eigenvalue weighted by molar-refractivity contribution is 9.10. The maximum atomic E-state index is 3.83. The highest BCUT2D eigenvalue weighted by atomic mass is 79.9. The Labute approximate surface area is 259 Å². The summed E-state index contributed by atoms with van der Waals surface area (Å²) in [4.78, 5) is 2.37. The van der Waals surface area contributed by atoms with Crippen molar-refractivity contribution in [3.8, 4) is 16.8 Å². The van der Waals surface area contributed by atoms with E-state index < -0.39 is 0 Å². The second-order valence-electron chi connectivity index (χ2n) is 10.8. The molecule has 0 amide bonds. The first kappa shape index (κ1) is 25.6. The first-order chi connectivity index (χ1) is 21.3. The molecule has 8 rings (SSSR count). The van der Waals surface area contributed by atoms with Crippen LogP contribution in [0.15, 0.2) is 168 Å². The summed E-state index contributed by atoms with van der Waals surface area (Å²) in [7, 11) is 0. The van der Waals surface area contributed by atoms with Crippen LogP contribution in [-0.2, 0) is 0 Å². The minimum atomic E-state index is 1.08. The van der Waals surface area contributed by atoms with Crippen molar-refractivity contribution in [2.24, 2.45) is 0 Å². The molecule has 43 heavy (non-hydrogen) atoms. The Bertz CT molecular complexity index is 2250. The van der Waals surface area contributed by atoms with E-state index in [0.717, 1.165) is 27.2 Å². The van der Waals surface area contributed by atoms with Gasteiger partial charge in [-0.25, -0.2) is 0 Å². The van der Waals surface area contributed by atoms with E-state index in [1.807, 2.05) is 0 Å². The molecule has 0 atom stereocenters. The van der Waals surface area contributed by atoms with E-state index in [9.17, 15) is 0 Å². The number of anilines is 3. The van der Waals surface area contributed by atoms with Gasteiger partial charge in [-0.15, -0.1) is 0 Å². The molecule has 7 aromatic carbocycles. The number of hydrogen-bond acceptors (Lipinski definition) is 1. The van der Waals surface area contributed by atoms with Crippen molar-refractivity contribution < 1.29 is 0 Å². The van der Waals surface area contributed by atoms with Crippen LogP contribution in [0, 0.1) is 0 Å². The Kier molecular flexibility index (Phi) is 6.31. The van der Waals surface area contributed by atoms with E-state index in [-0.39, 0.29) is 0 Å². The van der Waals surface area contributed by atoms with Crippen molar-refractivity contribution in [2.75, 3.05) is 4.90 Å². The second-order valence-corrected chi connectivity index (χ2v) is 11.6. The fourth-order valence-corrected chi connectivity index (χ4v) is 6.80. The average molecular weight is 616 g/mol. The van der Waals surface area contributed by atoms with Gasteiger partial charge >= 0.3 is 0 Å². The predicted octanol–water partition coefficient (Wildman–Crippen LogP) is 11.8. The fourth-order valence-electron chi connectivity index (χ4n) is 6.30. The topological polar surface area (TPSA) is 8.17 Å². The van der Waals surface area contributed by atoms with Gasteiger partial charge in [0.25, 0.3) is 0 Å². The maximum Gasteiger partial charge on any atom is 0.0561 e. The van der Waals surface area contributed by atoms with Crippen LogP contribution < -0.4 is 4.90 Å². The van der Waals surface area contributed by atoms with Crippen LogP contribution in [0.5, 0.6) is 0 Å². The van der Waals surface area contributed by atoms with E-state index in [1.54, 1.807) is 0 Å². The summed E-state index contributed by atoms with van der Waals surface area (Å²) in [5.41, 5.74) is 9.22. The monoisotopic (exact) mass is 614 g/mol. The summed E-state index contributed by atoms with van der Waals surface area (Å²) >= 11 is 3.83. The molecule has 0 unspecified atom stereocenters. The molecular formula is C40H27BrN2. The summed E-state index contributed by atoms with van der Waals surface area (Å²) in [5.74, 6) is 0. The minimum absolute atomic E-state index is 1.08. The van der Waals surface area contributed by atoms with Gasteiger partial charge in [0.15, 0.2) is 0 Å². The molecule has 0 aliphatic rings. The molecular weight excluding hydrogens is 588 g/mol. The third-order valence-corrected chi connectivity index (χ3v) is 8.90. The van der Waals surface area contributed by atoms with Gasteiger partial charge < -0.3 is 9.47 Å². The van der Waals surface area contributed by atoms with Crippen LogP contribution in [0.2, 0.25) is 0 Å². The molecule has 3 heteroatoms. The molecule has 1 heterocycles. The number of halogens is 1. The number of benzene rings is 7. The Morgan fingerprint density at radius 1 is 0.419 bits per heavy atom. The molecule has 0 fully saturated rings. The summed E-state index contributed by atoms with van der Waals surface area (Å²) in [5, 5.41) is 4.92. The van der Waals surface area contributed by atoms with E-state index in [2.05, 4.69) is 189 Å². The smallest absolute Gasteiger partial charge is 0.0561 e. The molecule has 0 saturated carbocycles. The standard InChI is InChI=1S/C40H27BrN2/c41-38-21-11-9-19-34(38)37-26-32(25-28-13-7-8-18-33(28)37)42(29-14-3-1-4-15-29)31-23-24-36-35-20-10-12-22-39(35)43(40(36)27-31)30-16-5-2-6-17-30/h1-27H. The van der Waals surface area contributed by atoms with Crippen molar-refractivity contribution in [3.05, 3.63) is 168 Å². The lowest BCUT2D eigenvalue weighted by molar-refractivity contribution is 1.18.